The molecule has 0 spiro atoms. The number of aliphatic hydroxyl groups excluding tert-OH is 1. The highest BCUT2D eigenvalue weighted by molar-refractivity contribution is 7.89. The number of hydrogen-bond acceptors (Lipinski definition) is 8. The minimum atomic E-state index is -3.91. The summed E-state index contributed by atoms with van der Waals surface area (Å²) in [4.78, 5) is 4.26. The van der Waals surface area contributed by atoms with Crippen molar-refractivity contribution >= 4 is 10.0 Å². The van der Waals surface area contributed by atoms with Gasteiger partial charge >= 0.3 is 0 Å². The van der Waals surface area contributed by atoms with E-state index < -0.39 is 22.2 Å². The normalized spacial score (nSPS) is 21.1. The van der Waals surface area contributed by atoms with Crippen LogP contribution in [0.4, 0.5) is 0 Å². The van der Waals surface area contributed by atoms with Crippen LogP contribution < -0.4 is 9.47 Å². The number of rotatable bonds is 6. The van der Waals surface area contributed by atoms with Gasteiger partial charge in [-0.3, -0.25) is 0 Å². The van der Waals surface area contributed by atoms with E-state index in [1.54, 1.807) is 0 Å². The van der Waals surface area contributed by atoms with E-state index in [2.05, 4.69) is 10.1 Å². The first-order chi connectivity index (χ1) is 12.4. The summed E-state index contributed by atoms with van der Waals surface area (Å²) < 4.78 is 43.0. The van der Waals surface area contributed by atoms with Crippen molar-refractivity contribution in [1.29, 1.82) is 0 Å². The zero-order valence-corrected chi connectivity index (χ0v) is 15.6. The van der Waals surface area contributed by atoms with Crippen LogP contribution in [0.5, 0.6) is 11.5 Å². The zero-order valence-electron chi connectivity index (χ0n) is 14.7. The number of ether oxygens (including phenoxy) is 2. The summed E-state index contributed by atoms with van der Waals surface area (Å²) in [6.07, 6.45) is -0.0501. The van der Waals surface area contributed by atoms with Crippen molar-refractivity contribution in [3.8, 4) is 11.5 Å². The van der Waals surface area contributed by atoms with Crippen molar-refractivity contribution in [2.24, 2.45) is 0 Å². The SMILES string of the molecule is CCc1noc([C@H]2C[C@H](O)CN2S(=O)(=O)c2ccc(OC)c(OC)c2)n1. The molecule has 26 heavy (non-hydrogen) atoms. The Hall–Kier alpha value is -2.17. The van der Waals surface area contributed by atoms with E-state index in [1.807, 2.05) is 6.92 Å². The molecule has 2 heterocycles. The summed E-state index contributed by atoms with van der Waals surface area (Å²) in [7, 11) is -1.01. The summed E-state index contributed by atoms with van der Waals surface area (Å²) in [5, 5.41) is 13.9. The van der Waals surface area contributed by atoms with Gasteiger partial charge in [-0.1, -0.05) is 12.1 Å². The molecule has 1 aliphatic heterocycles. The molecule has 2 atom stereocenters. The summed E-state index contributed by atoms with van der Waals surface area (Å²) in [5.74, 6) is 1.40. The van der Waals surface area contributed by atoms with E-state index in [0.29, 0.717) is 23.7 Å². The molecule has 1 aromatic carbocycles. The van der Waals surface area contributed by atoms with Gasteiger partial charge in [0.05, 0.1) is 25.2 Å². The first kappa shape index (κ1) is 18.6. The molecule has 9 nitrogen and oxygen atoms in total. The number of hydrogen-bond donors (Lipinski definition) is 1. The molecule has 10 heteroatoms. The topological polar surface area (TPSA) is 115 Å². The van der Waals surface area contributed by atoms with Crippen LogP contribution in [0, 0.1) is 0 Å². The fourth-order valence-corrected chi connectivity index (χ4v) is 4.58. The first-order valence-electron chi connectivity index (χ1n) is 8.15. The standard InChI is InChI=1S/C16H21N3O6S/c1-4-15-17-16(25-18-15)12-7-10(20)9-19(12)26(21,22)11-5-6-13(23-2)14(8-11)24-3/h5-6,8,10,12,20H,4,7,9H2,1-3H3/t10-,12+/m0/s1. The third-order valence-corrected chi connectivity index (χ3v) is 6.15. The second-order valence-corrected chi connectivity index (χ2v) is 7.79. The number of β-amino-alcohol motifs (C(OH)–C–C–N with tert-alkyl or cyclic N) is 1. The van der Waals surface area contributed by atoms with Gasteiger partial charge in [0.25, 0.3) is 0 Å². The van der Waals surface area contributed by atoms with Crippen LogP contribution in [0.25, 0.3) is 0 Å². The third-order valence-electron chi connectivity index (χ3n) is 4.28. The van der Waals surface area contributed by atoms with Crippen molar-refractivity contribution in [2.45, 2.75) is 36.8 Å². The molecule has 2 aromatic rings. The maximum atomic E-state index is 13.1. The predicted molar refractivity (Wildman–Crippen MR) is 90.5 cm³/mol. The number of sulfonamides is 1. The highest BCUT2D eigenvalue weighted by Crippen LogP contribution is 2.38. The largest absolute Gasteiger partial charge is 0.493 e. The lowest BCUT2D eigenvalue weighted by Crippen LogP contribution is -2.32. The molecular weight excluding hydrogens is 362 g/mol. The number of methoxy groups -OCH3 is 2. The van der Waals surface area contributed by atoms with Gasteiger partial charge in [-0.25, -0.2) is 8.42 Å². The highest BCUT2D eigenvalue weighted by Gasteiger charge is 2.43. The Morgan fingerprint density at radius 2 is 2.04 bits per heavy atom. The molecule has 3 rings (SSSR count). The minimum absolute atomic E-state index is 0.0319. The van der Waals surface area contributed by atoms with E-state index in [4.69, 9.17) is 14.0 Å². The molecule has 0 bridgehead atoms. The van der Waals surface area contributed by atoms with Gasteiger partial charge in [0.1, 0.15) is 6.04 Å². The summed E-state index contributed by atoms with van der Waals surface area (Å²) in [6, 6.07) is 3.64. The van der Waals surface area contributed by atoms with Gasteiger partial charge < -0.3 is 19.1 Å². The molecule has 0 radical (unpaired) electrons. The molecule has 1 aliphatic rings. The molecule has 1 aromatic heterocycles. The molecule has 0 amide bonds. The fraction of sp³-hybridized carbons (Fsp3) is 0.500. The maximum absolute atomic E-state index is 13.1. The molecule has 1 fully saturated rings. The maximum Gasteiger partial charge on any atom is 0.245 e. The van der Waals surface area contributed by atoms with E-state index in [0.717, 1.165) is 0 Å². The summed E-state index contributed by atoms with van der Waals surface area (Å²) >= 11 is 0. The Labute approximate surface area is 151 Å². The number of benzene rings is 1. The van der Waals surface area contributed by atoms with Crippen LogP contribution in [0.3, 0.4) is 0 Å². The van der Waals surface area contributed by atoms with Gasteiger partial charge in [-0.05, 0) is 12.1 Å². The third kappa shape index (κ3) is 3.27. The molecule has 0 unspecified atom stereocenters. The van der Waals surface area contributed by atoms with Crippen LogP contribution in [0.1, 0.15) is 31.1 Å². The molecule has 0 aliphatic carbocycles. The molecular formula is C16H21N3O6S. The smallest absolute Gasteiger partial charge is 0.245 e. The van der Waals surface area contributed by atoms with Crippen molar-refractivity contribution in [3.05, 3.63) is 29.9 Å². The summed E-state index contributed by atoms with van der Waals surface area (Å²) in [6.45, 7) is 1.82. The first-order valence-corrected chi connectivity index (χ1v) is 9.59. The Balaban J connectivity index is 1.99. The number of aryl methyl sites for hydroxylation is 1. The van der Waals surface area contributed by atoms with Crippen LogP contribution >= 0.6 is 0 Å². The van der Waals surface area contributed by atoms with E-state index >= 15 is 0 Å². The van der Waals surface area contributed by atoms with Crippen molar-refractivity contribution in [3.63, 3.8) is 0 Å². The molecule has 1 saturated heterocycles. The van der Waals surface area contributed by atoms with Gasteiger partial charge in [0.15, 0.2) is 17.3 Å². The summed E-state index contributed by atoms with van der Waals surface area (Å²) in [5.41, 5.74) is 0. The minimum Gasteiger partial charge on any atom is -0.493 e. The van der Waals surface area contributed by atoms with E-state index in [9.17, 15) is 13.5 Å². The van der Waals surface area contributed by atoms with Crippen molar-refractivity contribution in [1.82, 2.24) is 14.4 Å². The Morgan fingerprint density at radius 1 is 1.31 bits per heavy atom. The van der Waals surface area contributed by atoms with Crippen LogP contribution in [0.2, 0.25) is 0 Å². The average Bonchev–Trinajstić information content (AvgIpc) is 3.27. The van der Waals surface area contributed by atoms with Crippen molar-refractivity contribution in [2.75, 3.05) is 20.8 Å². The fourth-order valence-electron chi connectivity index (χ4n) is 2.93. The predicted octanol–water partition coefficient (Wildman–Crippen LogP) is 1.15. The van der Waals surface area contributed by atoms with Crippen LogP contribution in [0.15, 0.2) is 27.6 Å². The highest BCUT2D eigenvalue weighted by atomic mass is 32.2. The Morgan fingerprint density at radius 3 is 2.65 bits per heavy atom. The average molecular weight is 383 g/mol. The van der Waals surface area contributed by atoms with Crippen molar-refractivity contribution < 1.29 is 27.5 Å². The van der Waals surface area contributed by atoms with E-state index in [-0.39, 0.29) is 23.8 Å². The molecule has 142 valence electrons. The van der Waals surface area contributed by atoms with Crippen LogP contribution in [-0.2, 0) is 16.4 Å². The molecule has 0 saturated carbocycles. The quantitative estimate of drug-likeness (QED) is 0.790. The van der Waals surface area contributed by atoms with Gasteiger partial charge in [-0.15, -0.1) is 0 Å². The van der Waals surface area contributed by atoms with E-state index in [1.165, 1.54) is 36.7 Å². The number of aliphatic hydroxyl groups is 1. The van der Waals surface area contributed by atoms with Crippen LogP contribution in [-0.4, -0.2) is 54.8 Å². The Kier molecular flexibility index (Phi) is 5.17. The monoisotopic (exact) mass is 383 g/mol. The lowest BCUT2D eigenvalue weighted by atomic mass is 10.2. The van der Waals surface area contributed by atoms with Gasteiger partial charge in [-0.2, -0.15) is 9.29 Å². The lowest BCUT2D eigenvalue weighted by Gasteiger charge is -2.21. The second kappa shape index (κ2) is 7.22. The number of nitrogens with zero attached hydrogens (tertiary/aromatic N) is 3. The van der Waals surface area contributed by atoms with Gasteiger partial charge in [0.2, 0.25) is 15.9 Å². The van der Waals surface area contributed by atoms with Gasteiger partial charge in [0, 0.05) is 25.5 Å². The lowest BCUT2D eigenvalue weighted by molar-refractivity contribution is 0.188. The zero-order chi connectivity index (χ0) is 18.9. The molecule has 1 N–H and O–H groups in total. The number of aromatic nitrogens is 2. The second-order valence-electron chi connectivity index (χ2n) is 5.90. The Bertz CT molecular complexity index is 882.